The number of rotatable bonds is 3. The van der Waals surface area contributed by atoms with Gasteiger partial charge in [-0.25, -0.2) is 14.0 Å². The Morgan fingerprint density at radius 2 is 1.09 bits per heavy atom. The van der Waals surface area contributed by atoms with Crippen LogP contribution in [0.1, 0.15) is 22.6 Å². The lowest BCUT2D eigenvalue weighted by atomic mass is 9.83. The summed E-state index contributed by atoms with van der Waals surface area (Å²) in [7, 11) is 0. The van der Waals surface area contributed by atoms with E-state index in [2.05, 4.69) is 0 Å². The zero-order valence-corrected chi connectivity index (χ0v) is 16.7. The van der Waals surface area contributed by atoms with Crippen LogP contribution in [-0.2, 0) is 0 Å². The lowest BCUT2D eigenvalue weighted by Crippen LogP contribution is -2.24. The first-order valence-corrected chi connectivity index (χ1v) is 9.84. The van der Waals surface area contributed by atoms with E-state index in [1.165, 1.54) is 18.2 Å². The summed E-state index contributed by atoms with van der Waals surface area (Å²) in [5, 5.41) is 0.930. The molecule has 2 aromatic heterocycles. The zero-order valence-electron chi connectivity index (χ0n) is 16.7. The van der Waals surface area contributed by atoms with E-state index in [9.17, 15) is 9.59 Å². The van der Waals surface area contributed by atoms with Crippen LogP contribution in [-0.4, -0.2) is 0 Å². The highest BCUT2D eigenvalue weighted by atomic mass is 19.1. The number of halogens is 1. The van der Waals surface area contributed by atoms with Gasteiger partial charge in [-0.1, -0.05) is 42.5 Å². The van der Waals surface area contributed by atoms with Gasteiger partial charge in [-0.2, -0.15) is 0 Å². The Labute approximate surface area is 180 Å². The molecule has 3 aromatic carbocycles. The maximum atomic E-state index is 15.0. The molecule has 0 radical (unpaired) electrons. The number of para-hydroxylation sites is 2. The molecule has 0 spiro atoms. The fraction of sp³-hybridized carbons (Fsp3) is 0.0400. The largest absolute Gasteiger partial charge is 0.422 e. The molecule has 0 aliphatic rings. The summed E-state index contributed by atoms with van der Waals surface area (Å²) >= 11 is 0. The van der Waals surface area contributed by atoms with Gasteiger partial charge in [0.15, 0.2) is 0 Å². The van der Waals surface area contributed by atoms with Gasteiger partial charge in [0.1, 0.15) is 17.0 Å². The molecule has 0 aliphatic heterocycles. The molecule has 5 rings (SSSR count). The maximum Gasteiger partial charge on any atom is 0.342 e. The number of nitrogen functional groups attached to an aromatic ring is 2. The summed E-state index contributed by atoms with van der Waals surface area (Å²) in [6, 6.07) is 19.3. The van der Waals surface area contributed by atoms with Crippen LogP contribution >= 0.6 is 0 Å². The third kappa shape index (κ3) is 2.94. The van der Waals surface area contributed by atoms with Crippen LogP contribution in [0, 0.1) is 5.82 Å². The minimum atomic E-state index is -1.24. The number of anilines is 2. The Morgan fingerprint density at radius 3 is 1.59 bits per heavy atom. The average molecular weight is 428 g/mol. The Morgan fingerprint density at radius 1 is 0.656 bits per heavy atom. The van der Waals surface area contributed by atoms with Crippen molar-refractivity contribution >= 4 is 33.3 Å². The molecule has 5 aromatic rings. The molecule has 7 heteroatoms. The van der Waals surface area contributed by atoms with Crippen molar-refractivity contribution in [3.63, 3.8) is 0 Å². The average Bonchev–Trinajstić information content (AvgIpc) is 2.78. The molecular weight excluding hydrogens is 411 g/mol. The van der Waals surface area contributed by atoms with Crippen LogP contribution in [0.2, 0.25) is 0 Å². The Bertz CT molecular complexity index is 1520. The second kappa shape index (κ2) is 7.39. The molecule has 0 atom stereocenters. The van der Waals surface area contributed by atoms with E-state index < -0.39 is 23.0 Å². The van der Waals surface area contributed by atoms with E-state index in [1.54, 1.807) is 54.6 Å². The van der Waals surface area contributed by atoms with Crippen molar-refractivity contribution in [3.05, 3.63) is 116 Å². The van der Waals surface area contributed by atoms with Crippen molar-refractivity contribution in [1.82, 2.24) is 0 Å². The summed E-state index contributed by atoms with van der Waals surface area (Å²) in [4.78, 5) is 26.2. The molecule has 2 heterocycles. The number of fused-ring (bicyclic) bond motifs is 2. The van der Waals surface area contributed by atoms with Gasteiger partial charge in [-0.05, 0) is 30.3 Å². The number of hydrogen-bond donors (Lipinski definition) is 2. The predicted octanol–water partition coefficient (Wildman–Crippen LogP) is 4.38. The van der Waals surface area contributed by atoms with Gasteiger partial charge < -0.3 is 20.3 Å². The fourth-order valence-electron chi connectivity index (χ4n) is 4.09. The Balaban J connectivity index is 1.94. The SMILES string of the molecule is Nc1c(C(c2ccccc2F)c2c(N)c3ccccc3oc2=O)c(=O)oc2ccccc12. The normalized spacial score (nSPS) is 11.4. The van der Waals surface area contributed by atoms with Gasteiger partial charge in [0, 0.05) is 16.3 Å². The van der Waals surface area contributed by atoms with Gasteiger partial charge in [0.25, 0.3) is 0 Å². The molecule has 0 amide bonds. The minimum absolute atomic E-state index is 0.0519. The molecule has 0 saturated carbocycles. The molecule has 4 N–H and O–H groups in total. The van der Waals surface area contributed by atoms with Crippen LogP contribution in [0.25, 0.3) is 21.9 Å². The molecular formula is C25H17FN2O4. The zero-order chi connectivity index (χ0) is 22.4. The molecule has 0 saturated heterocycles. The van der Waals surface area contributed by atoms with Crippen LogP contribution in [0.4, 0.5) is 15.8 Å². The van der Waals surface area contributed by atoms with Gasteiger partial charge in [0.2, 0.25) is 0 Å². The fourth-order valence-corrected chi connectivity index (χ4v) is 4.09. The van der Waals surface area contributed by atoms with E-state index in [1.807, 2.05) is 0 Å². The molecule has 158 valence electrons. The molecule has 32 heavy (non-hydrogen) atoms. The van der Waals surface area contributed by atoms with Crippen molar-refractivity contribution < 1.29 is 13.2 Å². The van der Waals surface area contributed by atoms with Crippen LogP contribution in [0.15, 0.2) is 91.2 Å². The van der Waals surface area contributed by atoms with E-state index in [0.29, 0.717) is 10.8 Å². The second-order valence-electron chi connectivity index (χ2n) is 7.38. The first-order valence-electron chi connectivity index (χ1n) is 9.84. The van der Waals surface area contributed by atoms with Gasteiger partial charge in [-0.3, -0.25) is 0 Å². The van der Waals surface area contributed by atoms with Crippen LogP contribution in [0.5, 0.6) is 0 Å². The van der Waals surface area contributed by atoms with Crippen molar-refractivity contribution in [3.8, 4) is 0 Å². The highest BCUT2D eigenvalue weighted by Gasteiger charge is 2.32. The maximum absolute atomic E-state index is 15.0. The van der Waals surface area contributed by atoms with Crippen LogP contribution < -0.4 is 22.7 Å². The Hall–Kier alpha value is -4.39. The highest BCUT2D eigenvalue weighted by Crippen LogP contribution is 2.39. The summed E-state index contributed by atoms with van der Waals surface area (Å²) in [6.45, 7) is 0. The number of nitrogens with two attached hydrogens (primary N) is 2. The Kier molecular flexibility index (Phi) is 4.52. The number of benzene rings is 3. The third-order valence-corrected chi connectivity index (χ3v) is 5.57. The van der Waals surface area contributed by atoms with E-state index in [-0.39, 0.29) is 39.2 Å². The second-order valence-corrected chi connectivity index (χ2v) is 7.38. The number of hydrogen-bond acceptors (Lipinski definition) is 6. The summed E-state index contributed by atoms with van der Waals surface area (Å²) in [5.74, 6) is -1.87. The predicted molar refractivity (Wildman–Crippen MR) is 121 cm³/mol. The molecule has 0 unspecified atom stereocenters. The summed E-state index contributed by atoms with van der Waals surface area (Å²) in [5.41, 5.74) is 11.8. The smallest absolute Gasteiger partial charge is 0.342 e. The van der Waals surface area contributed by atoms with E-state index in [4.69, 9.17) is 20.3 Å². The van der Waals surface area contributed by atoms with Crippen molar-refractivity contribution in [2.45, 2.75) is 5.92 Å². The van der Waals surface area contributed by atoms with Gasteiger partial charge in [-0.15, -0.1) is 0 Å². The standard InChI is InChI=1S/C25H17FN2O4/c26-16-10-4-1-7-13(16)19(20-22(27)14-8-2-5-11-17(14)31-24(20)29)21-23(28)15-9-3-6-12-18(15)32-25(21)30/h1-12,19H,27-28H2. The molecule has 0 bridgehead atoms. The van der Waals surface area contributed by atoms with Crippen molar-refractivity contribution in [2.24, 2.45) is 0 Å². The van der Waals surface area contributed by atoms with Gasteiger partial charge in [0.05, 0.1) is 28.4 Å². The molecule has 0 fully saturated rings. The minimum Gasteiger partial charge on any atom is -0.422 e. The van der Waals surface area contributed by atoms with Gasteiger partial charge >= 0.3 is 11.3 Å². The van der Waals surface area contributed by atoms with E-state index >= 15 is 4.39 Å². The lowest BCUT2D eigenvalue weighted by Gasteiger charge is -2.21. The highest BCUT2D eigenvalue weighted by molar-refractivity contribution is 5.93. The third-order valence-electron chi connectivity index (χ3n) is 5.57. The first-order chi connectivity index (χ1) is 15.5. The monoisotopic (exact) mass is 428 g/mol. The topological polar surface area (TPSA) is 112 Å². The summed E-state index contributed by atoms with van der Waals surface area (Å²) in [6.07, 6.45) is 0. The van der Waals surface area contributed by atoms with E-state index in [0.717, 1.165) is 0 Å². The quantitative estimate of drug-likeness (QED) is 0.412. The van der Waals surface area contributed by atoms with Crippen molar-refractivity contribution in [2.75, 3.05) is 11.5 Å². The van der Waals surface area contributed by atoms with Crippen molar-refractivity contribution in [1.29, 1.82) is 0 Å². The first kappa shape index (κ1) is 19.6. The summed E-state index contributed by atoms with van der Waals surface area (Å²) < 4.78 is 26.0. The van der Waals surface area contributed by atoms with Crippen LogP contribution in [0.3, 0.4) is 0 Å². The molecule has 0 aliphatic carbocycles. The lowest BCUT2D eigenvalue weighted by molar-refractivity contribution is 0.532. The molecule has 6 nitrogen and oxygen atoms in total.